The zero-order chi connectivity index (χ0) is 22.8. The van der Waals surface area contributed by atoms with Crippen LogP contribution in [-0.2, 0) is 10.0 Å². The fourth-order valence-electron chi connectivity index (χ4n) is 3.82. The van der Waals surface area contributed by atoms with Crippen LogP contribution < -0.4 is 10.1 Å². The fourth-order valence-corrected chi connectivity index (χ4v) is 5.50. The maximum Gasteiger partial charge on any atom is 0.273 e. The third-order valence-electron chi connectivity index (χ3n) is 5.23. The van der Waals surface area contributed by atoms with E-state index in [0.717, 1.165) is 6.42 Å². The summed E-state index contributed by atoms with van der Waals surface area (Å²) in [7, 11) is -2.29. The van der Waals surface area contributed by atoms with Crippen molar-refractivity contribution in [2.24, 2.45) is 11.8 Å². The number of sulfonamides is 1. The molecule has 10 heteroatoms. The molecule has 1 amide bonds. The number of anilines is 1. The summed E-state index contributed by atoms with van der Waals surface area (Å²) in [5.74, 6) is 0.243. The molecule has 2 aromatic carbocycles. The average Bonchev–Trinajstić information content (AvgIpc) is 2.73. The van der Waals surface area contributed by atoms with Gasteiger partial charge >= 0.3 is 0 Å². The monoisotopic (exact) mass is 447 g/mol. The van der Waals surface area contributed by atoms with Crippen LogP contribution in [0.2, 0.25) is 0 Å². The number of hydrogen-bond donors (Lipinski definition) is 1. The largest absolute Gasteiger partial charge is 0.494 e. The molecule has 166 valence electrons. The number of benzene rings is 2. The molecule has 2 atom stereocenters. The van der Waals surface area contributed by atoms with Crippen molar-refractivity contribution in [1.82, 2.24) is 4.31 Å². The van der Waals surface area contributed by atoms with Gasteiger partial charge in [0.1, 0.15) is 5.75 Å². The van der Waals surface area contributed by atoms with Crippen molar-refractivity contribution in [1.29, 1.82) is 0 Å². The van der Waals surface area contributed by atoms with Gasteiger partial charge in [0.25, 0.3) is 11.6 Å². The first-order valence-electron chi connectivity index (χ1n) is 9.85. The molecule has 31 heavy (non-hydrogen) atoms. The number of methoxy groups -OCH3 is 1. The summed E-state index contributed by atoms with van der Waals surface area (Å²) in [4.78, 5) is 23.1. The molecule has 0 radical (unpaired) electrons. The van der Waals surface area contributed by atoms with Crippen molar-refractivity contribution in [2.75, 3.05) is 25.5 Å². The van der Waals surface area contributed by atoms with Gasteiger partial charge < -0.3 is 10.1 Å². The number of nitrogens with one attached hydrogen (secondary N) is 1. The third kappa shape index (κ3) is 5.02. The van der Waals surface area contributed by atoms with Crippen molar-refractivity contribution in [3.63, 3.8) is 0 Å². The summed E-state index contributed by atoms with van der Waals surface area (Å²) in [6.45, 7) is 5.04. The van der Waals surface area contributed by atoms with Crippen LogP contribution in [0, 0.1) is 22.0 Å². The Kier molecular flexibility index (Phi) is 6.61. The van der Waals surface area contributed by atoms with Gasteiger partial charge in [-0.2, -0.15) is 4.31 Å². The first-order chi connectivity index (χ1) is 14.6. The number of carbonyl (C=O) groups excluding carboxylic acids is 1. The highest BCUT2D eigenvalue weighted by Crippen LogP contribution is 2.30. The molecule has 0 spiro atoms. The van der Waals surface area contributed by atoms with E-state index in [1.807, 2.05) is 13.8 Å². The summed E-state index contributed by atoms with van der Waals surface area (Å²) in [6.07, 6.45) is 0.997. The summed E-state index contributed by atoms with van der Waals surface area (Å²) >= 11 is 0. The highest BCUT2D eigenvalue weighted by atomic mass is 32.2. The SMILES string of the molecule is COc1cc([N+](=O)[O-])ccc1NC(=O)c1ccc(S(=O)(=O)N2CC(C)CC(C)C2)cc1. The normalized spacial score (nSPS) is 19.6. The van der Waals surface area contributed by atoms with Gasteiger partial charge in [0.15, 0.2) is 0 Å². The van der Waals surface area contributed by atoms with Crippen LogP contribution >= 0.6 is 0 Å². The van der Waals surface area contributed by atoms with E-state index in [1.54, 1.807) is 0 Å². The standard InChI is InChI=1S/C21H25N3O6S/c1-14-10-15(2)13-23(12-14)31(28,29)18-7-4-16(5-8-18)21(25)22-19-9-6-17(24(26)27)11-20(19)30-3/h4-9,11,14-15H,10,12-13H2,1-3H3,(H,22,25). The van der Waals surface area contributed by atoms with Crippen molar-refractivity contribution in [3.8, 4) is 5.75 Å². The average molecular weight is 448 g/mol. The van der Waals surface area contributed by atoms with E-state index in [0.29, 0.717) is 24.9 Å². The molecule has 2 aromatic rings. The van der Waals surface area contributed by atoms with E-state index in [2.05, 4.69) is 5.32 Å². The number of ether oxygens (including phenoxy) is 1. The maximum atomic E-state index is 13.0. The summed E-state index contributed by atoms with van der Waals surface area (Å²) < 4.78 is 32.6. The molecular weight excluding hydrogens is 422 g/mol. The van der Waals surface area contributed by atoms with Crippen molar-refractivity contribution in [2.45, 2.75) is 25.2 Å². The molecule has 0 aromatic heterocycles. The Balaban J connectivity index is 1.77. The first kappa shape index (κ1) is 22.7. The Morgan fingerprint density at radius 3 is 2.29 bits per heavy atom. The van der Waals surface area contributed by atoms with E-state index in [-0.39, 0.29) is 27.6 Å². The van der Waals surface area contributed by atoms with Gasteiger partial charge in [-0.25, -0.2) is 8.42 Å². The molecule has 3 rings (SSSR count). The Bertz CT molecular complexity index is 1070. The van der Waals surface area contributed by atoms with Crippen molar-refractivity contribution in [3.05, 3.63) is 58.1 Å². The number of nitro groups is 1. The second kappa shape index (κ2) is 9.03. The predicted octanol–water partition coefficient (Wildman–Crippen LogP) is 3.52. The minimum atomic E-state index is -3.64. The number of amides is 1. The van der Waals surface area contributed by atoms with Crippen LogP contribution in [0.5, 0.6) is 5.75 Å². The number of nitrogens with zero attached hydrogens (tertiary/aromatic N) is 2. The van der Waals surface area contributed by atoms with Crippen LogP contribution in [-0.4, -0.2) is 43.8 Å². The highest BCUT2D eigenvalue weighted by molar-refractivity contribution is 7.89. The molecule has 9 nitrogen and oxygen atoms in total. The fraction of sp³-hybridized carbons (Fsp3) is 0.381. The molecule has 1 heterocycles. The lowest BCUT2D eigenvalue weighted by molar-refractivity contribution is -0.384. The van der Waals surface area contributed by atoms with Crippen LogP contribution in [0.3, 0.4) is 0 Å². The highest BCUT2D eigenvalue weighted by Gasteiger charge is 2.31. The Labute approximate surface area is 181 Å². The second-order valence-corrected chi connectivity index (χ2v) is 9.83. The molecule has 2 unspecified atom stereocenters. The van der Waals surface area contributed by atoms with Gasteiger partial charge in [0.2, 0.25) is 10.0 Å². The molecule has 1 aliphatic heterocycles. The molecule has 1 aliphatic rings. The lowest BCUT2D eigenvalue weighted by atomic mass is 9.94. The maximum absolute atomic E-state index is 13.0. The summed E-state index contributed by atoms with van der Waals surface area (Å²) in [6, 6.07) is 9.57. The molecule has 1 saturated heterocycles. The minimum Gasteiger partial charge on any atom is -0.494 e. The van der Waals surface area contributed by atoms with E-state index in [1.165, 1.54) is 53.9 Å². The number of carbonyl (C=O) groups is 1. The van der Waals surface area contributed by atoms with Crippen LogP contribution in [0.25, 0.3) is 0 Å². The van der Waals surface area contributed by atoms with E-state index in [9.17, 15) is 23.3 Å². The number of non-ortho nitro benzene ring substituents is 1. The summed E-state index contributed by atoms with van der Waals surface area (Å²) in [5.41, 5.74) is 0.358. The minimum absolute atomic E-state index is 0.137. The summed E-state index contributed by atoms with van der Waals surface area (Å²) in [5, 5.41) is 13.5. The second-order valence-electron chi connectivity index (χ2n) is 7.89. The number of piperidine rings is 1. The molecule has 0 aliphatic carbocycles. The van der Waals surface area contributed by atoms with Gasteiger partial charge in [-0.3, -0.25) is 14.9 Å². The van der Waals surface area contributed by atoms with Gasteiger partial charge in [-0.15, -0.1) is 0 Å². The van der Waals surface area contributed by atoms with Crippen LogP contribution in [0.1, 0.15) is 30.6 Å². The van der Waals surface area contributed by atoms with Crippen molar-refractivity contribution >= 4 is 27.3 Å². The molecular formula is C21H25N3O6S. The van der Waals surface area contributed by atoms with Gasteiger partial charge in [-0.05, 0) is 48.6 Å². The smallest absolute Gasteiger partial charge is 0.273 e. The lowest BCUT2D eigenvalue weighted by Gasteiger charge is -2.34. The van der Waals surface area contributed by atoms with Crippen LogP contribution in [0.15, 0.2) is 47.4 Å². The van der Waals surface area contributed by atoms with Gasteiger partial charge in [-0.1, -0.05) is 13.8 Å². The number of hydrogen-bond acceptors (Lipinski definition) is 6. The van der Waals surface area contributed by atoms with Gasteiger partial charge in [0, 0.05) is 24.7 Å². The van der Waals surface area contributed by atoms with Gasteiger partial charge in [0.05, 0.1) is 28.7 Å². The topological polar surface area (TPSA) is 119 Å². The zero-order valence-electron chi connectivity index (χ0n) is 17.6. The Hall–Kier alpha value is -2.98. The predicted molar refractivity (Wildman–Crippen MR) is 116 cm³/mol. The number of rotatable bonds is 6. The van der Waals surface area contributed by atoms with Crippen LogP contribution in [0.4, 0.5) is 11.4 Å². The first-order valence-corrected chi connectivity index (χ1v) is 11.3. The van der Waals surface area contributed by atoms with Crippen molar-refractivity contribution < 1.29 is 22.9 Å². The molecule has 0 bridgehead atoms. The third-order valence-corrected chi connectivity index (χ3v) is 7.08. The van der Waals surface area contributed by atoms with E-state index >= 15 is 0 Å². The Morgan fingerprint density at radius 1 is 1.13 bits per heavy atom. The van der Waals surface area contributed by atoms with E-state index < -0.39 is 20.9 Å². The molecule has 1 fully saturated rings. The lowest BCUT2D eigenvalue weighted by Crippen LogP contribution is -2.42. The number of nitro benzene ring substituents is 1. The zero-order valence-corrected chi connectivity index (χ0v) is 18.4. The quantitative estimate of drug-likeness (QED) is 0.535. The Morgan fingerprint density at radius 2 is 1.74 bits per heavy atom. The molecule has 0 saturated carbocycles. The molecule has 1 N–H and O–H groups in total. The van der Waals surface area contributed by atoms with E-state index in [4.69, 9.17) is 4.74 Å².